The van der Waals surface area contributed by atoms with Crippen LogP contribution in [0.25, 0.3) is 11.3 Å². The molecular weight excluding hydrogens is 315 g/mol. The third-order valence-electron chi connectivity index (χ3n) is 3.46. The van der Waals surface area contributed by atoms with Gasteiger partial charge in [0.15, 0.2) is 0 Å². The second kappa shape index (κ2) is 6.45. The maximum absolute atomic E-state index is 13.0. The van der Waals surface area contributed by atoms with Crippen molar-refractivity contribution in [3.63, 3.8) is 0 Å². The summed E-state index contributed by atoms with van der Waals surface area (Å²) in [4.78, 5) is 14.8. The molecule has 8 heteroatoms. The van der Waals surface area contributed by atoms with Gasteiger partial charge in [0, 0.05) is 5.56 Å². The van der Waals surface area contributed by atoms with Crippen molar-refractivity contribution in [1.29, 1.82) is 0 Å². The Kier molecular flexibility index (Phi) is 4.19. The highest BCUT2D eigenvalue weighted by Crippen LogP contribution is 2.25. The van der Waals surface area contributed by atoms with E-state index in [1.54, 1.807) is 28.9 Å². The molecule has 1 heterocycles. The Morgan fingerprint density at radius 2 is 1.83 bits per heavy atom. The normalized spacial score (nSPS) is 10.6. The van der Waals surface area contributed by atoms with E-state index in [2.05, 4.69) is 15.1 Å². The second-order valence-corrected chi connectivity index (χ2v) is 5.15. The van der Waals surface area contributed by atoms with Crippen LogP contribution in [0, 0.1) is 22.9 Å². The first-order chi connectivity index (χ1) is 11.5. The van der Waals surface area contributed by atoms with Gasteiger partial charge in [0.2, 0.25) is 0 Å². The molecule has 0 spiro atoms. The lowest BCUT2D eigenvalue weighted by Gasteiger charge is -2.08. The zero-order chi connectivity index (χ0) is 17.1. The molecule has 0 bridgehead atoms. The molecule has 2 aromatic carbocycles. The summed E-state index contributed by atoms with van der Waals surface area (Å²) in [7, 11) is 0. The minimum atomic E-state index is -0.861. The van der Waals surface area contributed by atoms with E-state index in [4.69, 9.17) is 0 Å². The maximum Gasteiger partial charge on any atom is 0.299 e. The molecule has 122 valence electrons. The van der Waals surface area contributed by atoms with Crippen molar-refractivity contribution >= 4 is 0 Å². The lowest BCUT2D eigenvalue weighted by Crippen LogP contribution is -2.05. The molecule has 0 amide bonds. The second-order valence-electron chi connectivity index (χ2n) is 5.15. The summed E-state index contributed by atoms with van der Waals surface area (Å²) < 4.78 is 14.7. The fraction of sp³-hybridized carbons (Fsp3) is 0.125. The molecule has 0 N–H and O–H groups in total. The molecule has 0 saturated carbocycles. The molecule has 0 radical (unpaired) electrons. The van der Waals surface area contributed by atoms with E-state index in [-0.39, 0.29) is 11.6 Å². The average molecular weight is 328 g/mol. The monoisotopic (exact) mass is 328 g/mol. The third kappa shape index (κ3) is 3.37. The van der Waals surface area contributed by atoms with Crippen LogP contribution in [0.3, 0.4) is 0 Å². The van der Waals surface area contributed by atoms with E-state index >= 15 is 0 Å². The van der Waals surface area contributed by atoms with Crippen molar-refractivity contribution in [2.45, 2.75) is 13.5 Å². The SMILES string of the molecule is Cc1nnn(Cc2ccc(F)cc2)c1-c1ccc(O[N+](=O)[O-])cc1. The summed E-state index contributed by atoms with van der Waals surface area (Å²) in [5, 5.41) is 17.7. The number of nitrogens with zero attached hydrogens (tertiary/aromatic N) is 4. The van der Waals surface area contributed by atoms with Gasteiger partial charge in [-0.15, -0.1) is 15.2 Å². The Labute approximate surface area is 136 Å². The topological polar surface area (TPSA) is 83.1 Å². The van der Waals surface area contributed by atoms with Crippen LogP contribution in [0.15, 0.2) is 48.5 Å². The summed E-state index contributed by atoms with van der Waals surface area (Å²) >= 11 is 0. The predicted octanol–water partition coefficient (Wildman–Crippen LogP) is 3.01. The van der Waals surface area contributed by atoms with Crippen LogP contribution in [-0.2, 0) is 6.54 Å². The molecule has 0 saturated heterocycles. The largest absolute Gasteiger partial charge is 0.299 e. The fourth-order valence-electron chi connectivity index (χ4n) is 2.39. The standard InChI is InChI=1S/C16H13FN4O3/c1-11-16(13-4-8-15(9-5-13)24-21(22)23)20(19-18-11)10-12-2-6-14(17)7-3-12/h2-9H,10H2,1H3. The minimum Gasteiger partial charge on any atom is -0.276 e. The van der Waals surface area contributed by atoms with Gasteiger partial charge < -0.3 is 0 Å². The van der Waals surface area contributed by atoms with Crippen LogP contribution >= 0.6 is 0 Å². The number of hydrogen-bond donors (Lipinski definition) is 0. The van der Waals surface area contributed by atoms with Gasteiger partial charge in [-0.3, -0.25) is 4.84 Å². The summed E-state index contributed by atoms with van der Waals surface area (Å²) in [6.45, 7) is 2.26. The Balaban J connectivity index is 1.89. The van der Waals surface area contributed by atoms with Gasteiger partial charge in [-0.2, -0.15) is 0 Å². The third-order valence-corrected chi connectivity index (χ3v) is 3.46. The molecule has 3 rings (SSSR count). The Hall–Kier alpha value is -3.29. The van der Waals surface area contributed by atoms with Crippen molar-refractivity contribution in [2.75, 3.05) is 0 Å². The summed E-state index contributed by atoms with van der Waals surface area (Å²) in [6, 6.07) is 12.6. The first-order valence-electron chi connectivity index (χ1n) is 7.10. The number of hydrogen-bond acceptors (Lipinski definition) is 5. The summed E-state index contributed by atoms with van der Waals surface area (Å²) in [5.74, 6) is -0.158. The Bertz CT molecular complexity index is 860. The molecule has 0 fully saturated rings. The highest BCUT2D eigenvalue weighted by molar-refractivity contribution is 5.62. The van der Waals surface area contributed by atoms with E-state index in [1.165, 1.54) is 24.3 Å². The zero-order valence-electron chi connectivity index (χ0n) is 12.7. The number of aromatic nitrogens is 3. The van der Waals surface area contributed by atoms with Gasteiger partial charge >= 0.3 is 0 Å². The Morgan fingerprint density at radius 1 is 1.17 bits per heavy atom. The molecule has 0 atom stereocenters. The lowest BCUT2D eigenvalue weighted by molar-refractivity contribution is -0.711. The summed E-state index contributed by atoms with van der Waals surface area (Å²) in [5.41, 5.74) is 3.19. The molecule has 3 aromatic rings. The van der Waals surface area contributed by atoms with Crippen molar-refractivity contribution in [3.8, 4) is 17.0 Å². The minimum absolute atomic E-state index is 0.138. The number of rotatable bonds is 5. The van der Waals surface area contributed by atoms with E-state index in [9.17, 15) is 14.5 Å². The molecule has 0 aliphatic rings. The number of halogens is 1. The first kappa shape index (κ1) is 15.6. The lowest BCUT2D eigenvalue weighted by atomic mass is 10.1. The van der Waals surface area contributed by atoms with Gasteiger partial charge in [-0.25, -0.2) is 9.07 Å². The average Bonchev–Trinajstić information content (AvgIpc) is 2.91. The van der Waals surface area contributed by atoms with Crippen molar-refractivity contribution in [1.82, 2.24) is 15.0 Å². The Morgan fingerprint density at radius 3 is 2.46 bits per heavy atom. The van der Waals surface area contributed by atoms with Crippen molar-refractivity contribution in [2.24, 2.45) is 0 Å². The van der Waals surface area contributed by atoms with Crippen molar-refractivity contribution in [3.05, 3.63) is 75.7 Å². The van der Waals surface area contributed by atoms with E-state index < -0.39 is 5.09 Å². The molecule has 1 aromatic heterocycles. The van der Waals surface area contributed by atoms with Crippen LogP contribution in [0.4, 0.5) is 4.39 Å². The first-order valence-corrected chi connectivity index (χ1v) is 7.10. The molecule has 0 aliphatic carbocycles. The highest BCUT2D eigenvalue weighted by atomic mass is 19.1. The predicted molar refractivity (Wildman–Crippen MR) is 83.3 cm³/mol. The quantitative estimate of drug-likeness (QED) is 0.531. The van der Waals surface area contributed by atoms with Gasteiger partial charge in [-0.1, -0.05) is 29.5 Å². The van der Waals surface area contributed by atoms with Gasteiger partial charge in [0.05, 0.1) is 17.9 Å². The van der Waals surface area contributed by atoms with Crippen molar-refractivity contribution < 1.29 is 14.3 Å². The van der Waals surface area contributed by atoms with Gasteiger partial charge in [0.1, 0.15) is 11.6 Å². The summed E-state index contributed by atoms with van der Waals surface area (Å²) in [6.07, 6.45) is 0. The van der Waals surface area contributed by atoms with Crippen LogP contribution in [-0.4, -0.2) is 20.1 Å². The smallest absolute Gasteiger partial charge is 0.276 e. The molecule has 0 aliphatic heterocycles. The van der Waals surface area contributed by atoms with E-state index in [1.807, 2.05) is 6.92 Å². The van der Waals surface area contributed by atoms with Crippen LogP contribution in [0.1, 0.15) is 11.3 Å². The van der Waals surface area contributed by atoms with E-state index in [0.717, 1.165) is 22.5 Å². The highest BCUT2D eigenvalue weighted by Gasteiger charge is 2.12. The van der Waals surface area contributed by atoms with Gasteiger partial charge in [-0.05, 0) is 36.8 Å². The number of aryl methyl sites for hydroxylation is 1. The maximum atomic E-state index is 13.0. The number of benzene rings is 2. The van der Waals surface area contributed by atoms with Crippen LogP contribution in [0.5, 0.6) is 5.75 Å². The fourth-order valence-corrected chi connectivity index (χ4v) is 2.39. The van der Waals surface area contributed by atoms with Crippen LogP contribution in [0.2, 0.25) is 0 Å². The molecule has 24 heavy (non-hydrogen) atoms. The van der Waals surface area contributed by atoms with Gasteiger partial charge in [0.25, 0.3) is 5.09 Å². The zero-order valence-corrected chi connectivity index (χ0v) is 12.7. The molecule has 0 unspecified atom stereocenters. The van der Waals surface area contributed by atoms with Crippen LogP contribution < -0.4 is 4.84 Å². The van der Waals surface area contributed by atoms with E-state index in [0.29, 0.717) is 6.54 Å². The molecule has 7 nitrogen and oxygen atoms in total. The molecular formula is C16H13FN4O3.